The van der Waals surface area contributed by atoms with E-state index in [4.69, 9.17) is 0 Å². The molecule has 3 aliphatic rings. The Kier molecular flexibility index (Phi) is 2.07. The van der Waals surface area contributed by atoms with Gasteiger partial charge in [-0.15, -0.1) is 0 Å². The molecule has 1 nitrogen and oxygen atoms in total. The number of nitrogens with one attached hydrogen (secondary N) is 1. The first-order chi connectivity index (χ1) is 8.68. The van der Waals surface area contributed by atoms with Crippen LogP contribution in [0.4, 0.5) is 0 Å². The van der Waals surface area contributed by atoms with Crippen LogP contribution in [0.3, 0.4) is 0 Å². The first-order valence-electron chi connectivity index (χ1n) is 6.34. The van der Waals surface area contributed by atoms with Gasteiger partial charge in [-0.2, -0.15) is 0 Å². The molecule has 0 saturated heterocycles. The standard InChI is InChI=1S/C16H14BrN/c1-16-13-5-3-2-4-12(13)15(18-16)8-10-6-7-11(17)9-14(10)16/h2-5,7-9,15,18H,6H2,1H3. The molecule has 4 rings (SSSR count). The first-order valence-corrected chi connectivity index (χ1v) is 7.14. The fraction of sp³-hybridized carbons (Fsp3) is 0.250. The van der Waals surface area contributed by atoms with E-state index in [0.29, 0.717) is 6.04 Å². The van der Waals surface area contributed by atoms with Crippen LogP contribution >= 0.6 is 15.9 Å². The lowest BCUT2D eigenvalue weighted by Gasteiger charge is -2.36. The van der Waals surface area contributed by atoms with Crippen molar-refractivity contribution < 1.29 is 0 Å². The Bertz CT molecular complexity index is 638. The molecule has 0 spiro atoms. The fourth-order valence-electron chi connectivity index (χ4n) is 3.48. The summed E-state index contributed by atoms with van der Waals surface area (Å²) in [6.45, 7) is 2.30. The van der Waals surface area contributed by atoms with Crippen molar-refractivity contribution >= 4 is 15.9 Å². The van der Waals surface area contributed by atoms with E-state index in [1.807, 2.05) is 0 Å². The van der Waals surface area contributed by atoms with Gasteiger partial charge in [0.25, 0.3) is 0 Å². The molecule has 1 aliphatic carbocycles. The van der Waals surface area contributed by atoms with E-state index in [1.165, 1.54) is 26.8 Å². The topological polar surface area (TPSA) is 12.0 Å². The summed E-state index contributed by atoms with van der Waals surface area (Å²) in [5.74, 6) is 0. The molecule has 0 amide bonds. The third-order valence-electron chi connectivity index (χ3n) is 4.33. The number of halogens is 1. The minimum Gasteiger partial charge on any atom is -0.294 e. The zero-order chi connectivity index (χ0) is 12.3. The second-order valence-corrected chi connectivity index (χ2v) is 6.29. The quantitative estimate of drug-likeness (QED) is 0.761. The Morgan fingerprint density at radius 1 is 1.33 bits per heavy atom. The predicted octanol–water partition coefficient (Wildman–Crippen LogP) is 4.10. The predicted molar refractivity (Wildman–Crippen MR) is 77.5 cm³/mol. The number of allylic oxidation sites excluding steroid dienone is 3. The largest absolute Gasteiger partial charge is 0.294 e. The van der Waals surface area contributed by atoms with Gasteiger partial charge in [0, 0.05) is 4.48 Å². The van der Waals surface area contributed by atoms with Crippen LogP contribution < -0.4 is 5.32 Å². The second kappa shape index (κ2) is 3.46. The summed E-state index contributed by atoms with van der Waals surface area (Å²) in [5, 5.41) is 3.76. The van der Waals surface area contributed by atoms with E-state index >= 15 is 0 Å². The van der Waals surface area contributed by atoms with Gasteiger partial charge in [0.05, 0.1) is 11.6 Å². The third kappa shape index (κ3) is 1.25. The molecule has 90 valence electrons. The van der Waals surface area contributed by atoms with E-state index in [1.54, 1.807) is 0 Å². The lowest BCUT2D eigenvalue weighted by Crippen LogP contribution is -2.40. The SMILES string of the molecule is CC12NC(C=C3CC=C(Br)C=C31)c1ccccc12. The highest BCUT2D eigenvalue weighted by Crippen LogP contribution is 2.51. The smallest absolute Gasteiger partial charge is 0.0675 e. The van der Waals surface area contributed by atoms with Crippen molar-refractivity contribution in [1.82, 2.24) is 5.32 Å². The molecule has 2 heterocycles. The van der Waals surface area contributed by atoms with Gasteiger partial charge < -0.3 is 0 Å². The summed E-state index contributed by atoms with van der Waals surface area (Å²) < 4.78 is 1.19. The summed E-state index contributed by atoms with van der Waals surface area (Å²) in [6.07, 6.45) is 7.93. The number of hydrogen-bond donors (Lipinski definition) is 1. The van der Waals surface area contributed by atoms with Gasteiger partial charge in [-0.3, -0.25) is 5.32 Å². The van der Waals surface area contributed by atoms with Crippen LogP contribution in [0, 0.1) is 0 Å². The molecule has 2 unspecified atom stereocenters. The average Bonchev–Trinajstić information content (AvgIpc) is 2.62. The van der Waals surface area contributed by atoms with Crippen molar-refractivity contribution in [2.24, 2.45) is 0 Å². The van der Waals surface area contributed by atoms with Gasteiger partial charge in [-0.25, -0.2) is 0 Å². The van der Waals surface area contributed by atoms with Crippen LogP contribution in [0.5, 0.6) is 0 Å². The highest BCUT2D eigenvalue weighted by Gasteiger charge is 2.45. The van der Waals surface area contributed by atoms with Gasteiger partial charge in [0.2, 0.25) is 0 Å². The Balaban J connectivity index is 2.00. The summed E-state index contributed by atoms with van der Waals surface area (Å²) in [7, 11) is 0. The van der Waals surface area contributed by atoms with Crippen molar-refractivity contribution in [3.05, 3.63) is 69.2 Å². The normalized spacial score (nSPS) is 32.1. The maximum absolute atomic E-state index is 3.76. The van der Waals surface area contributed by atoms with Gasteiger partial charge in [-0.05, 0) is 41.7 Å². The monoisotopic (exact) mass is 299 g/mol. The van der Waals surface area contributed by atoms with Gasteiger partial charge in [0.15, 0.2) is 0 Å². The number of rotatable bonds is 0. The Morgan fingerprint density at radius 2 is 2.17 bits per heavy atom. The first kappa shape index (κ1) is 10.8. The highest BCUT2D eigenvalue weighted by atomic mass is 79.9. The van der Waals surface area contributed by atoms with Crippen molar-refractivity contribution in [1.29, 1.82) is 0 Å². The average molecular weight is 300 g/mol. The van der Waals surface area contributed by atoms with Crippen molar-refractivity contribution in [3.8, 4) is 0 Å². The lowest BCUT2D eigenvalue weighted by atomic mass is 9.78. The summed E-state index contributed by atoms with van der Waals surface area (Å²) >= 11 is 3.61. The van der Waals surface area contributed by atoms with Gasteiger partial charge in [-0.1, -0.05) is 52.3 Å². The third-order valence-corrected chi connectivity index (χ3v) is 4.88. The van der Waals surface area contributed by atoms with Crippen molar-refractivity contribution in [3.63, 3.8) is 0 Å². The van der Waals surface area contributed by atoms with Crippen LogP contribution in [-0.2, 0) is 5.54 Å². The van der Waals surface area contributed by atoms with Crippen molar-refractivity contribution in [2.75, 3.05) is 0 Å². The maximum Gasteiger partial charge on any atom is 0.0675 e. The molecular formula is C16H14BrN. The van der Waals surface area contributed by atoms with Gasteiger partial charge >= 0.3 is 0 Å². The minimum atomic E-state index is -0.0291. The molecule has 2 atom stereocenters. The van der Waals surface area contributed by atoms with E-state index in [9.17, 15) is 0 Å². The van der Waals surface area contributed by atoms with Crippen LogP contribution in [0.2, 0.25) is 0 Å². The van der Waals surface area contributed by atoms with E-state index in [0.717, 1.165) is 6.42 Å². The Morgan fingerprint density at radius 3 is 3.06 bits per heavy atom. The fourth-order valence-corrected chi connectivity index (χ4v) is 3.87. The van der Waals surface area contributed by atoms with E-state index < -0.39 is 0 Å². The Hall–Kier alpha value is -1.12. The molecule has 18 heavy (non-hydrogen) atoms. The minimum absolute atomic E-state index is 0.0291. The van der Waals surface area contributed by atoms with E-state index in [-0.39, 0.29) is 5.54 Å². The van der Waals surface area contributed by atoms with Crippen LogP contribution in [0.25, 0.3) is 0 Å². The molecule has 0 radical (unpaired) electrons. The molecule has 2 aliphatic heterocycles. The zero-order valence-corrected chi connectivity index (χ0v) is 11.8. The second-order valence-electron chi connectivity index (χ2n) is 5.38. The van der Waals surface area contributed by atoms with E-state index in [2.05, 4.69) is 70.7 Å². The van der Waals surface area contributed by atoms with Crippen LogP contribution in [-0.4, -0.2) is 0 Å². The van der Waals surface area contributed by atoms with Crippen LogP contribution in [0.1, 0.15) is 30.5 Å². The molecule has 1 aromatic carbocycles. The van der Waals surface area contributed by atoms with Crippen LogP contribution in [0.15, 0.2) is 58.1 Å². The number of fused-ring (bicyclic) bond motifs is 7. The molecule has 1 aromatic rings. The lowest BCUT2D eigenvalue weighted by molar-refractivity contribution is 0.431. The summed E-state index contributed by atoms with van der Waals surface area (Å²) in [6, 6.07) is 9.15. The van der Waals surface area contributed by atoms with Crippen molar-refractivity contribution in [2.45, 2.75) is 24.9 Å². The zero-order valence-electron chi connectivity index (χ0n) is 10.2. The Labute approximate surface area is 115 Å². The number of benzene rings is 1. The molecule has 0 saturated carbocycles. The molecule has 0 fully saturated rings. The number of hydrogen-bond acceptors (Lipinski definition) is 1. The molecule has 0 aromatic heterocycles. The summed E-state index contributed by atoms with van der Waals surface area (Å²) in [5.41, 5.74) is 5.71. The molecule has 2 bridgehead atoms. The molecular weight excluding hydrogens is 286 g/mol. The maximum atomic E-state index is 3.76. The molecule has 2 heteroatoms. The summed E-state index contributed by atoms with van der Waals surface area (Å²) in [4.78, 5) is 0. The van der Waals surface area contributed by atoms with Gasteiger partial charge in [0.1, 0.15) is 0 Å². The highest BCUT2D eigenvalue weighted by molar-refractivity contribution is 9.11. The molecule has 1 N–H and O–H groups in total.